The minimum atomic E-state index is -0.464. The average Bonchev–Trinajstić information content (AvgIpc) is 2.46. The van der Waals surface area contributed by atoms with Crippen LogP contribution >= 0.6 is 23.2 Å². The van der Waals surface area contributed by atoms with Gasteiger partial charge in [-0.1, -0.05) is 29.3 Å². The smallest absolute Gasteiger partial charge is 0.235 e. The number of halogens is 2. The first-order chi connectivity index (χ1) is 10.4. The molecule has 22 heavy (non-hydrogen) atoms. The summed E-state index contributed by atoms with van der Waals surface area (Å²) in [5.74, 6) is -0.348. The fourth-order valence-corrected chi connectivity index (χ4v) is 2.77. The van der Waals surface area contributed by atoms with Crippen LogP contribution in [0.5, 0.6) is 5.75 Å². The largest absolute Gasteiger partial charge is 0.502 e. The second kappa shape index (κ2) is 5.34. The van der Waals surface area contributed by atoms with E-state index in [-0.39, 0.29) is 5.76 Å². The number of fused-ring (bicyclic) bond motifs is 1. The number of rotatable bonds is 1. The summed E-state index contributed by atoms with van der Waals surface area (Å²) in [4.78, 5) is 12.4. The molecule has 0 saturated carbocycles. The number of aromatic hydroxyl groups is 1. The molecule has 0 saturated heterocycles. The maximum Gasteiger partial charge on any atom is 0.235 e. The highest BCUT2D eigenvalue weighted by Gasteiger charge is 2.17. The molecule has 0 aliphatic carbocycles. The minimum absolute atomic E-state index is 0.0861. The summed E-state index contributed by atoms with van der Waals surface area (Å²) < 4.78 is 5.79. The second-order valence-corrected chi connectivity index (χ2v) is 6.01. The van der Waals surface area contributed by atoms with Gasteiger partial charge in [-0.2, -0.15) is 0 Å². The normalized spacial score (nSPS) is 11.1. The predicted octanol–water partition coefficient (Wildman–Crippen LogP) is 5.09. The lowest BCUT2D eigenvalue weighted by Crippen LogP contribution is -2.04. The summed E-state index contributed by atoms with van der Waals surface area (Å²) in [5, 5.41) is 11.3. The van der Waals surface area contributed by atoms with E-state index in [4.69, 9.17) is 27.6 Å². The van der Waals surface area contributed by atoms with Crippen LogP contribution in [0.15, 0.2) is 39.5 Å². The lowest BCUT2D eigenvalue weighted by atomic mass is 10.1. The van der Waals surface area contributed by atoms with Gasteiger partial charge in [0.2, 0.25) is 11.2 Å². The van der Waals surface area contributed by atoms with Crippen molar-refractivity contribution < 1.29 is 9.52 Å². The van der Waals surface area contributed by atoms with Crippen LogP contribution in [0.4, 0.5) is 0 Å². The van der Waals surface area contributed by atoms with Crippen molar-refractivity contribution in [2.75, 3.05) is 0 Å². The Kier molecular flexibility index (Phi) is 3.63. The van der Waals surface area contributed by atoms with Gasteiger partial charge in [0.05, 0.1) is 15.4 Å². The molecule has 0 fully saturated rings. The first-order valence-corrected chi connectivity index (χ1v) is 7.36. The van der Waals surface area contributed by atoms with Crippen LogP contribution in [-0.2, 0) is 0 Å². The Morgan fingerprint density at radius 1 is 1.05 bits per heavy atom. The topological polar surface area (TPSA) is 50.4 Å². The molecule has 0 spiro atoms. The molecule has 0 unspecified atom stereocenters. The van der Waals surface area contributed by atoms with Crippen molar-refractivity contribution in [1.29, 1.82) is 0 Å². The molecule has 1 heterocycles. The lowest BCUT2D eigenvalue weighted by molar-refractivity contribution is 0.449. The third-order valence-corrected chi connectivity index (χ3v) is 4.22. The van der Waals surface area contributed by atoms with Crippen LogP contribution in [0.2, 0.25) is 10.0 Å². The summed E-state index contributed by atoms with van der Waals surface area (Å²) >= 11 is 11.9. The van der Waals surface area contributed by atoms with E-state index in [1.165, 1.54) is 0 Å². The molecule has 3 nitrogen and oxygen atoms in total. The first kappa shape index (κ1) is 14.9. The van der Waals surface area contributed by atoms with Crippen molar-refractivity contribution in [2.45, 2.75) is 13.8 Å². The van der Waals surface area contributed by atoms with E-state index in [2.05, 4.69) is 0 Å². The van der Waals surface area contributed by atoms with Gasteiger partial charge in [-0.25, -0.2) is 0 Å². The Labute approximate surface area is 136 Å². The van der Waals surface area contributed by atoms with Gasteiger partial charge in [-0.3, -0.25) is 4.79 Å². The number of aryl methyl sites for hydroxylation is 2. The molecule has 0 radical (unpaired) electrons. The highest BCUT2D eigenvalue weighted by Crippen LogP contribution is 2.34. The van der Waals surface area contributed by atoms with Gasteiger partial charge < -0.3 is 9.52 Å². The van der Waals surface area contributed by atoms with E-state index in [1.807, 2.05) is 19.9 Å². The highest BCUT2D eigenvalue weighted by atomic mass is 35.5. The quantitative estimate of drug-likeness (QED) is 0.674. The second-order valence-electron chi connectivity index (χ2n) is 5.20. The molecule has 0 aliphatic heterocycles. The zero-order chi connectivity index (χ0) is 16.0. The number of benzene rings is 2. The van der Waals surface area contributed by atoms with Crippen molar-refractivity contribution in [3.63, 3.8) is 0 Å². The highest BCUT2D eigenvalue weighted by molar-refractivity contribution is 6.42. The third kappa shape index (κ3) is 2.36. The maximum absolute atomic E-state index is 12.4. The number of hydrogen-bond donors (Lipinski definition) is 1. The van der Waals surface area contributed by atoms with Gasteiger partial charge in [0.15, 0.2) is 5.76 Å². The predicted molar refractivity (Wildman–Crippen MR) is 89.1 cm³/mol. The summed E-state index contributed by atoms with van der Waals surface area (Å²) in [5.41, 5.74) is 2.24. The number of hydrogen-bond acceptors (Lipinski definition) is 3. The van der Waals surface area contributed by atoms with Crippen molar-refractivity contribution in [3.8, 4) is 17.1 Å². The van der Waals surface area contributed by atoms with Gasteiger partial charge in [0.25, 0.3) is 0 Å². The summed E-state index contributed by atoms with van der Waals surface area (Å²) in [7, 11) is 0. The van der Waals surface area contributed by atoms with Gasteiger partial charge >= 0.3 is 0 Å². The summed E-state index contributed by atoms with van der Waals surface area (Å²) in [6, 6.07) is 8.40. The summed E-state index contributed by atoms with van der Waals surface area (Å²) in [6.07, 6.45) is 0. The molecule has 1 N–H and O–H groups in total. The molecule has 0 bridgehead atoms. The van der Waals surface area contributed by atoms with E-state index in [9.17, 15) is 9.90 Å². The summed E-state index contributed by atoms with van der Waals surface area (Å²) in [6.45, 7) is 3.74. The maximum atomic E-state index is 12.4. The van der Waals surface area contributed by atoms with Crippen LogP contribution in [0.25, 0.3) is 22.3 Å². The van der Waals surface area contributed by atoms with Crippen molar-refractivity contribution in [1.82, 2.24) is 0 Å². The SMILES string of the molecule is Cc1cc(C)c2oc(-c3ccc(Cl)c(Cl)c3)c(O)c(=O)c2c1. The van der Waals surface area contributed by atoms with E-state index >= 15 is 0 Å². The standard InChI is InChI=1S/C17H12Cl2O3/c1-8-5-9(2)16-11(6-8)14(20)15(21)17(22-16)10-3-4-12(18)13(19)7-10/h3-7,21H,1-2H3. The van der Waals surface area contributed by atoms with Gasteiger partial charge in [-0.15, -0.1) is 0 Å². The zero-order valence-corrected chi connectivity index (χ0v) is 13.4. The minimum Gasteiger partial charge on any atom is -0.502 e. The molecule has 0 aliphatic rings. The molecule has 3 aromatic rings. The molecule has 112 valence electrons. The lowest BCUT2D eigenvalue weighted by Gasteiger charge is -2.09. The van der Waals surface area contributed by atoms with Crippen LogP contribution < -0.4 is 5.43 Å². The molecular formula is C17H12Cl2O3. The van der Waals surface area contributed by atoms with Gasteiger partial charge in [0, 0.05) is 5.56 Å². The monoisotopic (exact) mass is 334 g/mol. The van der Waals surface area contributed by atoms with E-state index in [0.29, 0.717) is 26.6 Å². The van der Waals surface area contributed by atoms with Crippen molar-refractivity contribution in [2.24, 2.45) is 0 Å². The Hall–Kier alpha value is -1.97. The van der Waals surface area contributed by atoms with E-state index in [0.717, 1.165) is 11.1 Å². The van der Waals surface area contributed by atoms with Gasteiger partial charge in [0.1, 0.15) is 5.58 Å². The Bertz CT molecular complexity index is 958. The van der Waals surface area contributed by atoms with E-state index in [1.54, 1.807) is 24.3 Å². The van der Waals surface area contributed by atoms with Crippen molar-refractivity contribution >= 4 is 34.2 Å². The Morgan fingerprint density at radius 2 is 1.77 bits per heavy atom. The van der Waals surface area contributed by atoms with Crippen molar-refractivity contribution in [3.05, 3.63) is 61.7 Å². The van der Waals surface area contributed by atoms with Crippen LogP contribution in [0, 0.1) is 13.8 Å². The van der Waals surface area contributed by atoms with Crippen LogP contribution in [0.1, 0.15) is 11.1 Å². The fourth-order valence-electron chi connectivity index (χ4n) is 2.47. The fraction of sp³-hybridized carbons (Fsp3) is 0.118. The zero-order valence-electron chi connectivity index (χ0n) is 11.9. The van der Waals surface area contributed by atoms with Crippen LogP contribution in [0.3, 0.4) is 0 Å². The van der Waals surface area contributed by atoms with E-state index < -0.39 is 11.2 Å². The Morgan fingerprint density at radius 3 is 2.45 bits per heavy atom. The molecule has 1 aromatic heterocycles. The molecule has 2 aromatic carbocycles. The molecule has 5 heteroatoms. The molecule has 3 rings (SSSR count). The molecule has 0 atom stereocenters. The Balaban J connectivity index is 2.38. The first-order valence-electron chi connectivity index (χ1n) is 6.61. The molecular weight excluding hydrogens is 323 g/mol. The average molecular weight is 335 g/mol. The molecule has 0 amide bonds. The van der Waals surface area contributed by atoms with Crippen LogP contribution in [-0.4, -0.2) is 5.11 Å². The van der Waals surface area contributed by atoms with Gasteiger partial charge in [-0.05, 0) is 49.2 Å². The third-order valence-electron chi connectivity index (χ3n) is 3.48.